The number of carbonyl (C=O) groups is 1. The normalized spacial score (nSPS) is 20.6. The van der Waals surface area contributed by atoms with E-state index in [1.165, 1.54) is 5.56 Å². The maximum atomic E-state index is 12.6. The van der Waals surface area contributed by atoms with Crippen molar-refractivity contribution in [1.82, 2.24) is 14.7 Å². The Morgan fingerprint density at radius 3 is 3.04 bits per heavy atom. The fraction of sp³-hybridized carbons (Fsp3) is 0.474. The molecule has 0 bridgehead atoms. The van der Waals surface area contributed by atoms with Crippen LogP contribution in [0.25, 0.3) is 0 Å². The molecule has 6 nitrogen and oxygen atoms in total. The summed E-state index contributed by atoms with van der Waals surface area (Å²) in [5.41, 5.74) is 2.37. The van der Waals surface area contributed by atoms with Gasteiger partial charge < -0.3 is 9.64 Å². The smallest absolute Gasteiger partial charge is 0.228 e. The van der Waals surface area contributed by atoms with Gasteiger partial charge in [0, 0.05) is 50.7 Å². The zero-order valence-electron chi connectivity index (χ0n) is 14.4. The van der Waals surface area contributed by atoms with Crippen LogP contribution < -0.4 is 4.90 Å². The van der Waals surface area contributed by atoms with Gasteiger partial charge in [-0.1, -0.05) is 18.2 Å². The van der Waals surface area contributed by atoms with Gasteiger partial charge in [0.1, 0.15) is 0 Å². The molecule has 25 heavy (non-hydrogen) atoms. The Kier molecular flexibility index (Phi) is 4.81. The number of nitrogens with zero attached hydrogens (tertiary/aromatic N) is 4. The van der Waals surface area contributed by atoms with Crippen molar-refractivity contribution in [3.8, 4) is 0 Å². The number of benzene rings is 1. The Labute approximate surface area is 148 Å². The van der Waals surface area contributed by atoms with Gasteiger partial charge in [-0.2, -0.15) is 5.10 Å². The summed E-state index contributed by atoms with van der Waals surface area (Å²) in [5, 5.41) is 4.24. The first-order valence-electron chi connectivity index (χ1n) is 8.99. The van der Waals surface area contributed by atoms with Crippen LogP contribution in [0, 0.1) is 0 Å². The van der Waals surface area contributed by atoms with Crippen LogP contribution in [-0.4, -0.2) is 59.5 Å². The lowest BCUT2D eigenvalue weighted by atomic mass is 10.2. The molecule has 1 fully saturated rings. The first kappa shape index (κ1) is 16.3. The quantitative estimate of drug-likeness (QED) is 0.829. The van der Waals surface area contributed by atoms with Crippen LogP contribution in [0.5, 0.6) is 0 Å². The lowest BCUT2D eigenvalue weighted by Gasteiger charge is -2.33. The lowest BCUT2D eigenvalue weighted by molar-refractivity contribution is -0.119. The molecule has 0 spiro atoms. The van der Waals surface area contributed by atoms with E-state index in [4.69, 9.17) is 4.74 Å². The van der Waals surface area contributed by atoms with E-state index in [9.17, 15) is 4.79 Å². The maximum absolute atomic E-state index is 12.6. The minimum Gasteiger partial charge on any atom is -0.374 e. The fourth-order valence-electron chi connectivity index (χ4n) is 3.70. The molecule has 1 aromatic heterocycles. The van der Waals surface area contributed by atoms with Gasteiger partial charge in [0.25, 0.3) is 0 Å². The standard InChI is InChI=1S/C19H24N4O2/c24-19(23-11-6-16-4-1-2-5-18(16)23)7-10-21-12-13-25-17(14-21)15-22-9-3-8-20-22/h1-5,8-9,17H,6-7,10-15H2/t17-/m0/s1. The van der Waals surface area contributed by atoms with Crippen molar-refractivity contribution in [2.45, 2.75) is 25.5 Å². The van der Waals surface area contributed by atoms with E-state index < -0.39 is 0 Å². The lowest BCUT2D eigenvalue weighted by Crippen LogP contribution is -2.45. The predicted octanol–water partition coefficient (Wildman–Crippen LogP) is 1.56. The van der Waals surface area contributed by atoms with Crippen molar-refractivity contribution in [3.05, 3.63) is 48.3 Å². The Morgan fingerprint density at radius 1 is 1.24 bits per heavy atom. The Balaban J connectivity index is 1.29. The molecular weight excluding hydrogens is 316 g/mol. The summed E-state index contributed by atoms with van der Waals surface area (Å²) < 4.78 is 7.74. The molecule has 2 aromatic rings. The number of hydrogen-bond acceptors (Lipinski definition) is 4. The molecule has 1 amide bonds. The third kappa shape index (κ3) is 3.75. The highest BCUT2D eigenvalue weighted by Crippen LogP contribution is 2.27. The molecule has 4 rings (SSSR count). The van der Waals surface area contributed by atoms with E-state index in [2.05, 4.69) is 22.1 Å². The van der Waals surface area contributed by atoms with Gasteiger partial charge in [-0.05, 0) is 24.1 Å². The van der Waals surface area contributed by atoms with Crippen LogP contribution >= 0.6 is 0 Å². The third-order valence-corrected chi connectivity index (χ3v) is 5.00. The molecule has 0 saturated carbocycles. The molecule has 0 unspecified atom stereocenters. The molecule has 132 valence electrons. The molecule has 2 aliphatic heterocycles. The number of morpholine rings is 1. The number of rotatable bonds is 5. The molecule has 3 heterocycles. The molecule has 6 heteroatoms. The molecule has 0 radical (unpaired) electrons. The second-order valence-electron chi connectivity index (χ2n) is 6.70. The fourth-order valence-corrected chi connectivity index (χ4v) is 3.70. The van der Waals surface area contributed by atoms with E-state index in [1.807, 2.05) is 34.0 Å². The van der Waals surface area contributed by atoms with Crippen molar-refractivity contribution in [2.75, 3.05) is 37.7 Å². The van der Waals surface area contributed by atoms with E-state index in [0.717, 1.165) is 44.8 Å². The van der Waals surface area contributed by atoms with Crippen LogP contribution in [0.1, 0.15) is 12.0 Å². The highest BCUT2D eigenvalue weighted by molar-refractivity contribution is 5.95. The summed E-state index contributed by atoms with van der Waals surface area (Å²) in [6.07, 6.45) is 5.40. The molecule has 1 atom stereocenters. The van der Waals surface area contributed by atoms with Crippen LogP contribution in [0.3, 0.4) is 0 Å². The van der Waals surface area contributed by atoms with Crippen molar-refractivity contribution in [3.63, 3.8) is 0 Å². The van der Waals surface area contributed by atoms with Crippen LogP contribution in [-0.2, 0) is 22.5 Å². The molecular formula is C19H24N4O2. The first-order chi connectivity index (χ1) is 12.3. The topological polar surface area (TPSA) is 50.6 Å². The van der Waals surface area contributed by atoms with Gasteiger partial charge in [-0.25, -0.2) is 0 Å². The van der Waals surface area contributed by atoms with Crippen LogP contribution in [0.2, 0.25) is 0 Å². The van der Waals surface area contributed by atoms with E-state index in [0.29, 0.717) is 13.0 Å². The van der Waals surface area contributed by atoms with Gasteiger partial charge in [-0.3, -0.25) is 14.4 Å². The van der Waals surface area contributed by atoms with Crippen molar-refractivity contribution in [2.24, 2.45) is 0 Å². The average molecular weight is 340 g/mol. The third-order valence-electron chi connectivity index (χ3n) is 5.00. The molecule has 1 aromatic carbocycles. The summed E-state index contributed by atoms with van der Waals surface area (Å²) >= 11 is 0. The van der Waals surface area contributed by atoms with E-state index in [-0.39, 0.29) is 12.0 Å². The minimum atomic E-state index is 0.135. The minimum absolute atomic E-state index is 0.135. The van der Waals surface area contributed by atoms with Gasteiger partial charge in [0.15, 0.2) is 0 Å². The molecule has 0 aliphatic carbocycles. The second kappa shape index (κ2) is 7.37. The number of fused-ring (bicyclic) bond motifs is 1. The zero-order chi connectivity index (χ0) is 17.1. The van der Waals surface area contributed by atoms with Gasteiger partial charge >= 0.3 is 0 Å². The maximum Gasteiger partial charge on any atom is 0.228 e. The van der Waals surface area contributed by atoms with Crippen molar-refractivity contribution >= 4 is 11.6 Å². The first-order valence-corrected chi connectivity index (χ1v) is 8.99. The molecule has 1 saturated heterocycles. The highest BCUT2D eigenvalue weighted by atomic mass is 16.5. The van der Waals surface area contributed by atoms with Gasteiger partial charge in [0.2, 0.25) is 5.91 Å². The monoisotopic (exact) mass is 340 g/mol. The summed E-state index contributed by atoms with van der Waals surface area (Å²) in [7, 11) is 0. The second-order valence-corrected chi connectivity index (χ2v) is 6.70. The van der Waals surface area contributed by atoms with E-state index >= 15 is 0 Å². The Morgan fingerprint density at radius 2 is 2.16 bits per heavy atom. The number of para-hydroxylation sites is 1. The zero-order valence-corrected chi connectivity index (χ0v) is 14.4. The number of aromatic nitrogens is 2. The highest BCUT2D eigenvalue weighted by Gasteiger charge is 2.26. The van der Waals surface area contributed by atoms with Crippen molar-refractivity contribution in [1.29, 1.82) is 0 Å². The summed E-state index contributed by atoms with van der Waals surface area (Å²) in [6.45, 7) is 4.81. The Hall–Kier alpha value is -2.18. The van der Waals surface area contributed by atoms with E-state index in [1.54, 1.807) is 6.20 Å². The van der Waals surface area contributed by atoms with Crippen LogP contribution in [0.15, 0.2) is 42.7 Å². The SMILES string of the molecule is O=C(CCN1CCO[C@H](Cn2cccn2)C1)N1CCc2ccccc21. The number of amides is 1. The summed E-state index contributed by atoms with van der Waals surface area (Å²) in [5.74, 6) is 0.222. The average Bonchev–Trinajstić information content (AvgIpc) is 3.29. The number of hydrogen-bond donors (Lipinski definition) is 0. The molecule has 2 aliphatic rings. The van der Waals surface area contributed by atoms with Crippen molar-refractivity contribution < 1.29 is 9.53 Å². The largest absolute Gasteiger partial charge is 0.374 e. The van der Waals surface area contributed by atoms with Crippen LogP contribution in [0.4, 0.5) is 5.69 Å². The number of ether oxygens (including phenoxy) is 1. The summed E-state index contributed by atoms with van der Waals surface area (Å²) in [4.78, 5) is 16.9. The Bertz CT molecular complexity index is 716. The molecule has 0 N–H and O–H groups in total. The van der Waals surface area contributed by atoms with Gasteiger partial charge in [0.05, 0.1) is 19.3 Å². The predicted molar refractivity (Wildman–Crippen MR) is 95.5 cm³/mol. The number of anilines is 1. The number of carbonyl (C=O) groups excluding carboxylic acids is 1. The summed E-state index contributed by atoms with van der Waals surface area (Å²) in [6, 6.07) is 10.1. The van der Waals surface area contributed by atoms with Gasteiger partial charge in [-0.15, -0.1) is 0 Å².